The summed E-state index contributed by atoms with van der Waals surface area (Å²) >= 11 is 0. The number of allylic oxidation sites excluding steroid dienone is 1. The van der Waals surface area contributed by atoms with Gasteiger partial charge in [-0.3, -0.25) is 4.79 Å². The first-order valence-electron chi connectivity index (χ1n) is 5.22. The number of hydrogen-bond acceptors (Lipinski definition) is 2. The molecule has 0 aromatic heterocycles. The topological polar surface area (TPSA) is 78.4 Å². The molecule has 0 rings (SSSR count). The zero-order chi connectivity index (χ0) is 12.6. The van der Waals surface area contributed by atoms with Gasteiger partial charge in [0.05, 0.1) is 6.42 Å². The summed E-state index contributed by atoms with van der Waals surface area (Å²) in [5, 5.41) is 13.5. The lowest BCUT2D eigenvalue weighted by Gasteiger charge is -2.23. The van der Waals surface area contributed by atoms with Gasteiger partial charge < -0.3 is 15.7 Å². The van der Waals surface area contributed by atoms with Gasteiger partial charge in [0.15, 0.2) is 0 Å². The zero-order valence-corrected chi connectivity index (χ0v) is 9.88. The van der Waals surface area contributed by atoms with Gasteiger partial charge in [0.25, 0.3) is 0 Å². The Kier molecular flexibility index (Phi) is 6.22. The minimum atomic E-state index is -0.924. The van der Waals surface area contributed by atoms with Crippen LogP contribution in [0.1, 0.15) is 26.7 Å². The Morgan fingerprint density at radius 2 is 2.00 bits per heavy atom. The number of carboxylic acids is 1. The average Bonchev–Trinajstić information content (AvgIpc) is 2.14. The first-order valence-corrected chi connectivity index (χ1v) is 5.22. The Bertz CT molecular complexity index is 262. The Balaban J connectivity index is 3.72. The summed E-state index contributed by atoms with van der Waals surface area (Å²) in [5.41, 5.74) is -0.0358. The quantitative estimate of drug-likeness (QED) is 0.576. The number of carbonyl (C=O) groups is 2. The van der Waals surface area contributed by atoms with Gasteiger partial charge in [0.1, 0.15) is 0 Å². The molecule has 3 N–H and O–H groups in total. The molecule has 0 heterocycles. The summed E-state index contributed by atoms with van der Waals surface area (Å²) in [6.07, 6.45) is 2.55. The molecule has 0 saturated carbocycles. The van der Waals surface area contributed by atoms with Crippen molar-refractivity contribution in [1.82, 2.24) is 10.6 Å². The molecule has 16 heavy (non-hydrogen) atoms. The lowest BCUT2D eigenvalue weighted by atomic mass is 9.89. The highest BCUT2D eigenvalue weighted by molar-refractivity contribution is 5.74. The van der Waals surface area contributed by atoms with Crippen molar-refractivity contribution in [2.45, 2.75) is 26.7 Å². The van der Waals surface area contributed by atoms with Crippen LogP contribution in [0.3, 0.4) is 0 Å². The third-order valence-electron chi connectivity index (χ3n) is 2.05. The molecule has 5 heteroatoms. The average molecular weight is 228 g/mol. The number of aliphatic carboxylic acids is 1. The maximum atomic E-state index is 11.2. The van der Waals surface area contributed by atoms with E-state index in [1.54, 1.807) is 0 Å². The fourth-order valence-corrected chi connectivity index (χ4v) is 1.13. The standard InChI is InChI=1S/C11H20N2O3/c1-4-6-11(2,3)8-13-10(16)12-7-5-9(14)15/h4H,1,5-8H2,2-3H3,(H,14,15)(H2,12,13,16). The predicted octanol–water partition coefficient (Wildman–Crippen LogP) is 1.36. The summed E-state index contributed by atoms with van der Waals surface area (Å²) < 4.78 is 0. The van der Waals surface area contributed by atoms with Crippen molar-refractivity contribution in [2.24, 2.45) is 5.41 Å². The molecule has 0 aliphatic heterocycles. The van der Waals surface area contributed by atoms with E-state index in [0.717, 1.165) is 6.42 Å². The van der Waals surface area contributed by atoms with Crippen LogP contribution in [-0.4, -0.2) is 30.2 Å². The fraction of sp³-hybridized carbons (Fsp3) is 0.636. The zero-order valence-electron chi connectivity index (χ0n) is 9.88. The normalized spacial score (nSPS) is 10.6. The third kappa shape index (κ3) is 7.84. The first kappa shape index (κ1) is 14.5. The summed E-state index contributed by atoms with van der Waals surface area (Å²) in [5.74, 6) is -0.924. The molecule has 0 aliphatic rings. The second-order valence-electron chi connectivity index (χ2n) is 4.41. The van der Waals surface area contributed by atoms with E-state index in [9.17, 15) is 9.59 Å². The second-order valence-corrected chi connectivity index (χ2v) is 4.41. The molecule has 0 radical (unpaired) electrons. The van der Waals surface area contributed by atoms with Gasteiger partial charge >= 0.3 is 12.0 Å². The number of rotatable bonds is 7. The van der Waals surface area contributed by atoms with Gasteiger partial charge in [-0.05, 0) is 11.8 Å². The summed E-state index contributed by atoms with van der Waals surface area (Å²) in [6, 6.07) is -0.335. The molecule has 0 spiro atoms. The molecule has 5 nitrogen and oxygen atoms in total. The maximum Gasteiger partial charge on any atom is 0.314 e. The van der Waals surface area contributed by atoms with Crippen LogP contribution in [0.4, 0.5) is 4.79 Å². The van der Waals surface area contributed by atoms with E-state index in [-0.39, 0.29) is 24.4 Å². The highest BCUT2D eigenvalue weighted by Gasteiger charge is 2.16. The van der Waals surface area contributed by atoms with Crippen molar-refractivity contribution >= 4 is 12.0 Å². The molecule has 2 amide bonds. The fourth-order valence-electron chi connectivity index (χ4n) is 1.13. The Labute approximate surface area is 95.9 Å². The molecular formula is C11H20N2O3. The minimum Gasteiger partial charge on any atom is -0.481 e. The van der Waals surface area contributed by atoms with Gasteiger partial charge in [0, 0.05) is 13.1 Å². The van der Waals surface area contributed by atoms with Crippen LogP contribution in [0.5, 0.6) is 0 Å². The summed E-state index contributed by atoms with van der Waals surface area (Å²) in [7, 11) is 0. The first-order chi connectivity index (χ1) is 7.37. The van der Waals surface area contributed by atoms with Crippen molar-refractivity contribution in [2.75, 3.05) is 13.1 Å². The Morgan fingerprint density at radius 1 is 1.38 bits per heavy atom. The van der Waals surface area contributed by atoms with E-state index in [4.69, 9.17) is 5.11 Å². The molecule has 92 valence electrons. The van der Waals surface area contributed by atoms with Crippen LogP contribution in [0.2, 0.25) is 0 Å². The highest BCUT2D eigenvalue weighted by Crippen LogP contribution is 2.18. The van der Waals surface area contributed by atoms with Crippen LogP contribution in [-0.2, 0) is 4.79 Å². The Hall–Kier alpha value is -1.52. The third-order valence-corrected chi connectivity index (χ3v) is 2.05. The van der Waals surface area contributed by atoms with Crippen molar-refractivity contribution in [3.63, 3.8) is 0 Å². The molecule has 0 unspecified atom stereocenters. The van der Waals surface area contributed by atoms with E-state index >= 15 is 0 Å². The number of amides is 2. The van der Waals surface area contributed by atoms with Crippen LogP contribution >= 0.6 is 0 Å². The van der Waals surface area contributed by atoms with Gasteiger partial charge in [-0.2, -0.15) is 0 Å². The number of hydrogen-bond donors (Lipinski definition) is 3. The summed E-state index contributed by atoms with van der Waals surface area (Å²) in [6.45, 7) is 8.36. The molecule has 0 aromatic carbocycles. The monoisotopic (exact) mass is 228 g/mol. The van der Waals surface area contributed by atoms with Gasteiger partial charge in [-0.1, -0.05) is 19.9 Å². The lowest BCUT2D eigenvalue weighted by Crippen LogP contribution is -2.41. The van der Waals surface area contributed by atoms with E-state index in [2.05, 4.69) is 17.2 Å². The van der Waals surface area contributed by atoms with Crippen molar-refractivity contribution in [3.05, 3.63) is 12.7 Å². The van der Waals surface area contributed by atoms with E-state index in [1.165, 1.54) is 0 Å². The Morgan fingerprint density at radius 3 is 2.50 bits per heavy atom. The predicted molar refractivity (Wildman–Crippen MR) is 62.2 cm³/mol. The van der Waals surface area contributed by atoms with Crippen LogP contribution in [0.25, 0.3) is 0 Å². The molecule has 0 atom stereocenters. The van der Waals surface area contributed by atoms with Gasteiger partial charge in [-0.15, -0.1) is 6.58 Å². The highest BCUT2D eigenvalue weighted by atomic mass is 16.4. The molecule has 0 aromatic rings. The summed E-state index contributed by atoms with van der Waals surface area (Å²) in [4.78, 5) is 21.4. The maximum absolute atomic E-state index is 11.2. The molecule has 0 fully saturated rings. The van der Waals surface area contributed by atoms with Crippen LogP contribution in [0, 0.1) is 5.41 Å². The minimum absolute atomic E-state index is 0.0358. The van der Waals surface area contributed by atoms with E-state index in [1.807, 2.05) is 19.9 Å². The van der Waals surface area contributed by atoms with E-state index in [0.29, 0.717) is 6.54 Å². The molecule has 0 saturated heterocycles. The van der Waals surface area contributed by atoms with E-state index < -0.39 is 5.97 Å². The smallest absolute Gasteiger partial charge is 0.314 e. The van der Waals surface area contributed by atoms with Crippen molar-refractivity contribution in [3.8, 4) is 0 Å². The number of carboxylic acid groups (broad SMARTS) is 1. The van der Waals surface area contributed by atoms with Crippen molar-refractivity contribution < 1.29 is 14.7 Å². The van der Waals surface area contributed by atoms with Crippen molar-refractivity contribution in [1.29, 1.82) is 0 Å². The molecule has 0 aliphatic carbocycles. The number of urea groups is 1. The van der Waals surface area contributed by atoms with Crippen LogP contribution < -0.4 is 10.6 Å². The second kappa shape index (κ2) is 6.87. The molecule has 0 bridgehead atoms. The van der Waals surface area contributed by atoms with Crippen LogP contribution in [0.15, 0.2) is 12.7 Å². The number of carbonyl (C=O) groups excluding carboxylic acids is 1. The molecular weight excluding hydrogens is 208 g/mol. The lowest BCUT2D eigenvalue weighted by molar-refractivity contribution is -0.136. The van der Waals surface area contributed by atoms with Gasteiger partial charge in [-0.25, -0.2) is 4.79 Å². The SMILES string of the molecule is C=CCC(C)(C)CNC(=O)NCCC(=O)O. The largest absolute Gasteiger partial charge is 0.481 e. The van der Waals surface area contributed by atoms with Gasteiger partial charge in [0.2, 0.25) is 0 Å². The number of nitrogens with one attached hydrogen (secondary N) is 2.